The van der Waals surface area contributed by atoms with Crippen LogP contribution in [0, 0.1) is 0 Å². The van der Waals surface area contributed by atoms with Crippen LogP contribution in [0.25, 0.3) is 10.8 Å². The van der Waals surface area contributed by atoms with Gasteiger partial charge in [-0.2, -0.15) is 5.10 Å². The van der Waals surface area contributed by atoms with E-state index in [0.717, 1.165) is 10.8 Å². The van der Waals surface area contributed by atoms with Crippen LogP contribution in [0.4, 0.5) is 0 Å². The summed E-state index contributed by atoms with van der Waals surface area (Å²) in [6.45, 7) is 0. The monoisotopic (exact) mass is 454 g/mol. The molecule has 4 aromatic carbocycles. The third-order valence-electron chi connectivity index (χ3n) is 5.17. The number of rotatable bonds is 7. The first-order valence-electron chi connectivity index (χ1n) is 10.4. The van der Waals surface area contributed by atoms with Gasteiger partial charge in [-0.1, -0.05) is 30.3 Å². The van der Waals surface area contributed by atoms with Crippen molar-refractivity contribution >= 4 is 28.9 Å². The largest absolute Gasteiger partial charge is 0.497 e. The minimum atomic E-state index is -0.519. The number of hydrogen-bond acceptors (Lipinski definition) is 6. The van der Waals surface area contributed by atoms with Crippen molar-refractivity contribution < 1.29 is 23.8 Å². The Kier molecular flexibility index (Phi) is 6.84. The van der Waals surface area contributed by atoms with E-state index < -0.39 is 5.97 Å². The molecule has 4 rings (SSSR count). The summed E-state index contributed by atoms with van der Waals surface area (Å²) in [5.41, 5.74) is 3.89. The lowest BCUT2D eigenvalue weighted by atomic mass is 10.0. The van der Waals surface area contributed by atoms with E-state index in [2.05, 4.69) is 10.5 Å². The highest BCUT2D eigenvalue weighted by Gasteiger charge is 2.14. The molecule has 0 unspecified atom stereocenters. The predicted octanol–water partition coefficient (Wildman–Crippen LogP) is 4.84. The highest BCUT2D eigenvalue weighted by atomic mass is 16.5. The summed E-state index contributed by atoms with van der Waals surface area (Å²) in [4.78, 5) is 25.2. The molecule has 0 spiro atoms. The normalized spacial score (nSPS) is 10.8. The average molecular weight is 454 g/mol. The van der Waals surface area contributed by atoms with Crippen LogP contribution < -0.4 is 19.6 Å². The van der Waals surface area contributed by atoms with Gasteiger partial charge in [0.05, 0.1) is 26.0 Å². The molecule has 0 aliphatic heterocycles. The number of amides is 1. The van der Waals surface area contributed by atoms with Gasteiger partial charge in [0.1, 0.15) is 17.2 Å². The van der Waals surface area contributed by atoms with Crippen molar-refractivity contribution in [3.05, 3.63) is 102 Å². The summed E-state index contributed by atoms with van der Waals surface area (Å²) >= 11 is 0. The van der Waals surface area contributed by atoms with Crippen molar-refractivity contribution in [1.29, 1.82) is 0 Å². The first kappa shape index (κ1) is 22.5. The maximum Gasteiger partial charge on any atom is 0.343 e. The minimum Gasteiger partial charge on any atom is -0.497 e. The fourth-order valence-corrected chi connectivity index (χ4v) is 3.35. The number of nitrogens with one attached hydrogen (secondary N) is 1. The second-order valence-electron chi connectivity index (χ2n) is 7.24. The van der Waals surface area contributed by atoms with Crippen LogP contribution in [-0.4, -0.2) is 32.3 Å². The third kappa shape index (κ3) is 5.05. The Labute approximate surface area is 196 Å². The lowest BCUT2D eigenvalue weighted by molar-refractivity contribution is 0.0734. The van der Waals surface area contributed by atoms with Crippen LogP contribution in [-0.2, 0) is 0 Å². The van der Waals surface area contributed by atoms with Crippen LogP contribution in [0.15, 0.2) is 90.0 Å². The number of carbonyl (C=O) groups is 2. The second kappa shape index (κ2) is 10.3. The lowest BCUT2D eigenvalue weighted by Gasteiger charge is -2.11. The van der Waals surface area contributed by atoms with E-state index in [0.29, 0.717) is 33.9 Å². The first-order valence-corrected chi connectivity index (χ1v) is 10.4. The molecular weight excluding hydrogens is 432 g/mol. The Bertz CT molecular complexity index is 1350. The van der Waals surface area contributed by atoms with Gasteiger partial charge in [0.25, 0.3) is 5.91 Å². The topological polar surface area (TPSA) is 86.2 Å². The number of ether oxygens (including phenoxy) is 3. The van der Waals surface area contributed by atoms with Gasteiger partial charge in [0.2, 0.25) is 0 Å². The van der Waals surface area contributed by atoms with Crippen LogP contribution >= 0.6 is 0 Å². The fourth-order valence-electron chi connectivity index (χ4n) is 3.35. The molecule has 34 heavy (non-hydrogen) atoms. The maximum absolute atomic E-state index is 12.7. The molecule has 0 aromatic heterocycles. The Morgan fingerprint density at radius 3 is 2.03 bits per heavy atom. The Morgan fingerprint density at radius 2 is 1.38 bits per heavy atom. The molecule has 7 nitrogen and oxygen atoms in total. The van der Waals surface area contributed by atoms with Gasteiger partial charge < -0.3 is 14.2 Å². The van der Waals surface area contributed by atoms with Crippen molar-refractivity contribution in [3.63, 3.8) is 0 Å². The van der Waals surface area contributed by atoms with Gasteiger partial charge in [-0.05, 0) is 65.4 Å². The summed E-state index contributed by atoms with van der Waals surface area (Å²) in [7, 11) is 3.12. The number of hydrogen-bond donors (Lipinski definition) is 1. The minimum absolute atomic E-state index is 0.321. The number of esters is 1. The van der Waals surface area contributed by atoms with E-state index in [4.69, 9.17) is 14.2 Å². The van der Waals surface area contributed by atoms with Crippen LogP contribution in [0.3, 0.4) is 0 Å². The van der Waals surface area contributed by atoms with Crippen molar-refractivity contribution in [3.8, 4) is 17.2 Å². The van der Waals surface area contributed by atoms with Crippen molar-refractivity contribution in [2.75, 3.05) is 14.2 Å². The lowest BCUT2D eigenvalue weighted by Crippen LogP contribution is -2.17. The van der Waals surface area contributed by atoms with Crippen LogP contribution in [0.5, 0.6) is 17.2 Å². The number of carbonyl (C=O) groups excluding carboxylic acids is 2. The van der Waals surface area contributed by atoms with E-state index in [1.807, 2.05) is 30.3 Å². The third-order valence-corrected chi connectivity index (χ3v) is 5.17. The summed E-state index contributed by atoms with van der Waals surface area (Å²) in [5, 5.41) is 5.87. The number of fused-ring (bicyclic) bond motifs is 1. The molecule has 170 valence electrons. The Balaban J connectivity index is 1.58. The van der Waals surface area contributed by atoms with Gasteiger partial charge in [-0.25, -0.2) is 10.2 Å². The first-order chi connectivity index (χ1) is 16.6. The Hall–Kier alpha value is -4.65. The molecule has 1 amide bonds. The van der Waals surface area contributed by atoms with Gasteiger partial charge in [-0.3, -0.25) is 4.79 Å². The molecular formula is C27H22N2O5. The molecule has 0 heterocycles. The predicted molar refractivity (Wildman–Crippen MR) is 130 cm³/mol. The summed E-state index contributed by atoms with van der Waals surface area (Å²) < 4.78 is 15.9. The van der Waals surface area contributed by atoms with E-state index in [1.165, 1.54) is 6.21 Å². The highest BCUT2D eigenvalue weighted by Crippen LogP contribution is 2.27. The molecule has 0 radical (unpaired) electrons. The van der Waals surface area contributed by atoms with E-state index >= 15 is 0 Å². The number of methoxy groups -OCH3 is 2. The molecule has 0 saturated carbocycles. The maximum atomic E-state index is 12.7. The molecule has 0 fully saturated rings. The number of benzene rings is 4. The molecule has 0 atom stereocenters. The smallest absolute Gasteiger partial charge is 0.343 e. The number of nitrogens with zero attached hydrogens (tertiary/aromatic N) is 1. The van der Waals surface area contributed by atoms with Gasteiger partial charge in [0, 0.05) is 11.1 Å². The molecule has 1 N–H and O–H groups in total. The van der Waals surface area contributed by atoms with Crippen LogP contribution in [0.1, 0.15) is 26.3 Å². The standard InChI is InChI=1S/C27H22N2O5/c1-32-21-12-7-19(8-13-21)26(30)29-28-17-24-23-6-4-3-5-18(23)11-16-25(24)34-27(31)20-9-14-22(33-2)15-10-20/h3-17H,1-2H3,(H,29,30)/b28-17-. The van der Waals surface area contributed by atoms with Gasteiger partial charge in [0.15, 0.2) is 0 Å². The summed E-state index contributed by atoms with van der Waals surface area (Å²) in [6, 6.07) is 24.5. The van der Waals surface area contributed by atoms with Crippen molar-refractivity contribution in [2.45, 2.75) is 0 Å². The van der Waals surface area contributed by atoms with Gasteiger partial charge >= 0.3 is 5.97 Å². The summed E-state index contributed by atoms with van der Waals surface area (Å²) in [5.74, 6) is 0.717. The second-order valence-corrected chi connectivity index (χ2v) is 7.24. The zero-order valence-electron chi connectivity index (χ0n) is 18.6. The zero-order chi connectivity index (χ0) is 23.9. The van der Waals surface area contributed by atoms with Crippen LogP contribution in [0.2, 0.25) is 0 Å². The summed E-state index contributed by atoms with van der Waals surface area (Å²) in [6.07, 6.45) is 1.47. The molecule has 7 heteroatoms. The SMILES string of the molecule is COc1ccc(C(=O)N/N=C\c2c(OC(=O)c3ccc(OC)cc3)ccc3ccccc23)cc1. The average Bonchev–Trinajstić information content (AvgIpc) is 2.89. The van der Waals surface area contributed by atoms with E-state index in [-0.39, 0.29) is 5.91 Å². The Morgan fingerprint density at radius 1 is 0.765 bits per heavy atom. The van der Waals surface area contributed by atoms with E-state index in [1.54, 1.807) is 68.8 Å². The molecule has 0 saturated heterocycles. The fraction of sp³-hybridized carbons (Fsp3) is 0.0741. The number of hydrazone groups is 1. The van der Waals surface area contributed by atoms with E-state index in [9.17, 15) is 9.59 Å². The molecule has 0 aliphatic carbocycles. The quantitative estimate of drug-likeness (QED) is 0.187. The van der Waals surface area contributed by atoms with Crippen molar-refractivity contribution in [1.82, 2.24) is 5.43 Å². The molecule has 0 bridgehead atoms. The highest BCUT2D eigenvalue weighted by molar-refractivity contribution is 6.04. The molecule has 0 aliphatic rings. The van der Waals surface area contributed by atoms with Crippen molar-refractivity contribution in [2.24, 2.45) is 5.10 Å². The van der Waals surface area contributed by atoms with Gasteiger partial charge in [-0.15, -0.1) is 0 Å². The molecule has 4 aromatic rings. The zero-order valence-corrected chi connectivity index (χ0v) is 18.6.